The van der Waals surface area contributed by atoms with Crippen LogP contribution in [0, 0.1) is 5.92 Å². The summed E-state index contributed by atoms with van der Waals surface area (Å²) < 4.78 is 37.7. The minimum Gasteiger partial charge on any atom is -0.356 e. The molecular formula is C17H28F3N5S. The third-order valence-electron chi connectivity index (χ3n) is 4.25. The monoisotopic (exact) mass is 391 g/mol. The van der Waals surface area contributed by atoms with Crippen molar-refractivity contribution in [2.75, 3.05) is 33.2 Å². The Labute approximate surface area is 157 Å². The molecule has 0 spiro atoms. The van der Waals surface area contributed by atoms with Gasteiger partial charge in [0.2, 0.25) is 0 Å². The van der Waals surface area contributed by atoms with Gasteiger partial charge in [0.1, 0.15) is 0 Å². The van der Waals surface area contributed by atoms with Crippen molar-refractivity contribution in [2.45, 2.75) is 45.3 Å². The standard InChI is InChI=1S/C17H28F3N5S/c1-12(2)10-25-8-5-13(6-9-25)23-16(21-3)22-7-4-15-24-14(11-26-15)17(18,19)20/h11-13H,4-10H2,1-3H3,(H2,21,22,23). The summed E-state index contributed by atoms with van der Waals surface area (Å²) in [5.41, 5.74) is -0.812. The van der Waals surface area contributed by atoms with Gasteiger partial charge in [0.25, 0.3) is 0 Å². The zero-order valence-electron chi connectivity index (χ0n) is 15.6. The van der Waals surface area contributed by atoms with Crippen LogP contribution in [0.1, 0.15) is 37.4 Å². The molecule has 0 saturated carbocycles. The van der Waals surface area contributed by atoms with Gasteiger partial charge in [-0.1, -0.05) is 13.8 Å². The van der Waals surface area contributed by atoms with Crippen LogP contribution in [0.3, 0.4) is 0 Å². The topological polar surface area (TPSA) is 52.6 Å². The van der Waals surface area contributed by atoms with E-state index in [1.165, 1.54) is 0 Å². The molecule has 1 aromatic rings. The highest BCUT2D eigenvalue weighted by Gasteiger charge is 2.33. The maximum Gasteiger partial charge on any atom is 0.434 e. The largest absolute Gasteiger partial charge is 0.434 e. The van der Waals surface area contributed by atoms with E-state index in [4.69, 9.17) is 0 Å². The Bertz CT molecular complexity index is 577. The molecule has 0 radical (unpaired) electrons. The van der Waals surface area contributed by atoms with E-state index >= 15 is 0 Å². The van der Waals surface area contributed by atoms with Crippen molar-refractivity contribution in [3.63, 3.8) is 0 Å². The lowest BCUT2D eigenvalue weighted by molar-refractivity contribution is -0.140. The molecule has 1 aliphatic heterocycles. The van der Waals surface area contributed by atoms with Gasteiger partial charge in [0.15, 0.2) is 11.7 Å². The number of hydrogen-bond acceptors (Lipinski definition) is 4. The lowest BCUT2D eigenvalue weighted by atomic mass is 10.0. The van der Waals surface area contributed by atoms with Gasteiger partial charge in [-0.2, -0.15) is 13.2 Å². The highest BCUT2D eigenvalue weighted by atomic mass is 32.1. The van der Waals surface area contributed by atoms with E-state index in [0.29, 0.717) is 35.9 Å². The lowest BCUT2D eigenvalue weighted by Gasteiger charge is -2.33. The van der Waals surface area contributed by atoms with Gasteiger partial charge in [-0.3, -0.25) is 4.99 Å². The van der Waals surface area contributed by atoms with E-state index in [-0.39, 0.29) is 0 Å². The Balaban J connectivity index is 1.71. The molecule has 2 rings (SSSR count). The summed E-state index contributed by atoms with van der Waals surface area (Å²) >= 11 is 1.04. The van der Waals surface area contributed by atoms with Crippen LogP contribution in [0.2, 0.25) is 0 Å². The van der Waals surface area contributed by atoms with Gasteiger partial charge in [-0.25, -0.2) is 4.98 Å². The number of alkyl halides is 3. The first-order valence-corrected chi connectivity index (χ1v) is 9.87. The molecule has 0 aromatic carbocycles. The summed E-state index contributed by atoms with van der Waals surface area (Å²) in [4.78, 5) is 10.3. The molecule has 2 N–H and O–H groups in total. The number of piperidine rings is 1. The number of aliphatic imine (C=N–C) groups is 1. The van der Waals surface area contributed by atoms with Crippen LogP contribution in [0.5, 0.6) is 0 Å². The van der Waals surface area contributed by atoms with Crippen molar-refractivity contribution in [3.8, 4) is 0 Å². The highest BCUT2D eigenvalue weighted by Crippen LogP contribution is 2.30. The van der Waals surface area contributed by atoms with Gasteiger partial charge in [0.05, 0.1) is 5.01 Å². The minimum atomic E-state index is -4.37. The summed E-state index contributed by atoms with van der Waals surface area (Å²) in [6.45, 7) is 8.24. The van der Waals surface area contributed by atoms with Gasteiger partial charge in [0, 0.05) is 51.1 Å². The molecule has 5 nitrogen and oxygen atoms in total. The molecular weight excluding hydrogens is 363 g/mol. The van der Waals surface area contributed by atoms with E-state index < -0.39 is 11.9 Å². The molecule has 148 valence electrons. The SMILES string of the molecule is CN=C(NCCc1nc(C(F)(F)F)cs1)NC1CCN(CC(C)C)CC1. The maximum absolute atomic E-state index is 12.6. The zero-order valence-corrected chi connectivity index (χ0v) is 16.4. The second-order valence-corrected chi connectivity index (χ2v) is 7.93. The fraction of sp³-hybridized carbons (Fsp3) is 0.765. The van der Waals surface area contributed by atoms with Crippen molar-refractivity contribution in [1.29, 1.82) is 0 Å². The van der Waals surface area contributed by atoms with E-state index in [9.17, 15) is 13.2 Å². The van der Waals surface area contributed by atoms with E-state index in [1.54, 1.807) is 7.05 Å². The first-order chi connectivity index (χ1) is 12.3. The van der Waals surface area contributed by atoms with Gasteiger partial charge in [-0.15, -0.1) is 11.3 Å². The number of hydrogen-bond donors (Lipinski definition) is 2. The number of guanidine groups is 1. The molecule has 2 heterocycles. The summed E-state index contributed by atoms with van der Waals surface area (Å²) in [5, 5.41) is 8.11. The molecule has 1 saturated heterocycles. The Morgan fingerprint density at radius 1 is 1.38 bits per heavy atom. The average molecular weight is 392 g/mol. The summed E-state index contributed by atoms with van der Waals surface area (Å²) in [7, 11) is 1.70. The fourth-order valence-corrected chi connectivity index (χ4v) is 3.81. The van der Waals surface area contributed by atoms with Gasteiger partial charge < -0.3 is 15.5 Å². The third kappa shape index (κ3) is 6.75. The molecule has 1 aromatic heterocycles. The van der Waals surface area contributed by atoms with Gasteiger partial charge >= 0.3 is 6.18 Å². The number of nitrogens with one attached hydrogen (secondary N) is 2. The molecule has 1 aliphatic rings. The van der Waals surface area contributed by atoms with Crippen LogP contribution in [-0.2, 0) is 12.6 Å². The van der Waals surface area contributed by atoms with E-state index in [0.717, 1.165) is 49.2 Å². The molecule has 1 fully saturated rings. The summed E-state index contributed by atoms with van der Waals surface area (Å²) in [6, 6.07) is 0.376. The van der Waals surface area contributed by atoms with Crippen LogP contribution >= 0.6 is 11.3 Å². The molecule has 0 atom stereocenters. The maximum atomic E-state index is 12.6. The number of halogens is 3. The molecule has 0 aliphatic carbocycles. The summed E-state index contributed by atoms with van der Waals surface area (Å²) in [5.74, 6) is 1.37. The van der Waals surface area contributed by atoms with Crippen molar-refractivity contribution < 1.29 is 13.2 Å². The fourth-order valence-electron chi connectivity index (χ4n) is 3.01. The number of nitrogens with zero attached hydrogens (tertiary/aromatic N) is 3. The third-order valence-corrected chi connectivity index (χ3v) is 5.16. The van der Waals surface area contributed by atoms with E-state index in [1.807, 2.05) is 0 Å². The van der Waals surface area contributed by atoms with E-state index in [2.05, 4.69) is 39.4 Å². The first-order valence-electron chi connectivity index (χ1n) is 8.99. The predicted molar refractivity (Wildman–Crippen MR) is 99.6 cm³/mol. The molecule has 0 unspecified atom stereocenters. The van der Waals surface area contributed by atoms with Crippen molar-refractivity contribution in [2.24, 2.45) is 10.9 Å². The number of aromatic nitrogens is 1. The quantitative estimate of drug-likeness (QED) is 0.578. The molecule has 9 heteroatoms. The number of likely N-dealkylation sites (tertiary alicyclic amines) is 1. The van der Waals surface area contributed by atoms with Crippen LogP contribution in [0.4, 0.5) is 13.2 Å². The van der Waals surface area contributed by atoms with Crippen molar-refractivity contribution in [1.82, 2.24) is 20.5 Å². The smallest absolute Gasteiger partial charge is 0.356 e. The Hall–Kier alpha value is -1.35. The zero-order chi connectivity index (χ0) is 19.2. The minimum absolute atomic E-state index is 0.376. The average Bonchev–Trinajstić information content (AvgIpc) is 3.04. The molecule has 0 bridgehead atoms. The Kier molecular flexibility index (Phi) is 7.69. The molecule has 26 heavy (non-hydrogen) atoms. The summed E-state index contributed by atoms with van der Waals surface area (Å²) in [6.07, 6.45) is -1.80. The first kappa shape index (κ1) is 21.0. The number of thiazole rings is 1. The van der Waals surface area contributed by atoms with Crippen LogP contribution < -0.4 is 10.6 Å². The van der Waals surface area contributed by atoms with Crippen LogP contribution in [0.25, 0.3) is 0 Å². The Morgan fingerprint density at radius 2 is 2.08 bits per heavy atom. The predicted octanol–water partition coefficient (Wildman–Crippen LogP) is 2.99. The second kappa shape index (κ2) is 9.55. The van der Waals surface area contributed by atoms with Crippen LogP contribution in [0.15, 0.2) is 10.4 Å². The Morgan fingerprint density at radius 3 is 2.62 bits per heavy atom. The normalized spacial score (nSPS) is 17.7. The van der Waals surface area contributed by atoms with Crippen molar-refractivity contribution >= 4 is 17.3 Å². The lowest BCUT2D eigenvalue weighted by Crippen LogP contribution is -2.49. The molecule has 0 amide bonds. The highest BCUT2D eigenvalue weighted by molar-refractivity contribution is 7.09. The van der Waals surface area contributed by atoms with Crippen molar-refractivity contribution in [3.05, 3.63) is 16.1 Å². The van der Waals surface area contributed by atoms with Gasteiger partial charge in [-0.05, 0) is 18.8 Å². The number of rotatable bonds is 6. The second-order valence-electron chi connectivity index (χ2n) is 6.99. The van der Waals surface area contributed by atoms with Crippen LogP contribution in [-0.4, -0.2) is 55.1 Å².